The van der Waals surface area contributed by atoms with Crippen molar-refractivity contribution in [1.29, 1.82) is 0 Å². The number of sulfone groups is 1. The molecule has 180 valence electrons. The van der Waals surface area contributed by atoms with Crippen LogP contribution in [0.2, 0.25) is 0 Å². The van der Waals surface area contributed by atoms with Gasteiger partial charge in [-0.3, -0.25) is 19.4 Å². The van der Waals surface area contributed by atoms with Gasteiger partial charge >= 0.3 is 0 Å². The fourth-order valence-electron chi connectivity index (χ4n) is 4.04. The second-order valence-corrected chi connectivity index (χ2v) is 11.3. The van der Waals surface area contributed by atoms with E-state index in [1.165, 1.54) is 24.4 Å². The van der Waals surface area contributed by atoms with Gasteiger partial charge in [0.1, 0.15) is 9.46 Å². The lowest BCUT2D eigenvalue weighted by molar-refractivity contribution is 0.0919. The van der Waals surface area contributed by atoms with Gasteiger partial charge in [-0.2, -0.15) is 0 Å². The Labute approximate surface area is 211 Å². The minimum atomic E-state index is -3.79. The van der Waals surface area contributed by atoms with E-state index >= 15 is 0 Å². The van der Waals surface area contributed by atoms with Crippen LogP contribution in [0.3, 0.4) is 0 Å². The fraction of sp³-hybridized carbons (Fsp3) is 0.0769. The number of nitrogens with zero attached hydrogens (tertiary/aromatic N) is 2. The largest absolute Gasteiger partial charge is 0.350 e. The number of thiophene rings is 1. The number of imide groups is 1. The number of carbonyl (C=O) groups excluding carboxylic acids is 3. The maximum Gasteiger partial charge on any atom is 0.266 e. The highest BCUT2D eigenvalue weighted by Gasteiger charge is 2.36. The van der Waals surface area contributed by atoms with E-state index in [1.807, 2.05) is 0 Å². The SMILES string of the molecule is O=C(NCC(c1cccnc1)S(=O)(=O)c1cccs1)c1cccc(N2C(=O)c3ccccc3C2=O)c1. The van der Waals surface area contributed by atoms with Crippen LogP contribution in [0.1, 0.15) is 41.9 Å². The number of rotatable bonds is 7. The molecule has 36 heavy (non-hydrogen) atoms. The molecule has 1 unspecified atom stereocenters. The molecule has 3 heterocycles. The van der Waals surface area contributed by atoms with Gasteiger partial charge in [0.2, 0.25) is 0 Å². The molecule has 3 amide bonds. The molecule has 1 aliphatic heterocycles. The zero-order chi connectivity index (χ0) is 25.3. The van der Waals surface area contributed by atoms with Crippen molar-refractivity contribution in [1.82, 2.24) is 10.3 Å². The minimum Gasteiger partial charge on any atom is -0.350 e. The molecule has 1 N–H and O–H groups in total. The van der Waals surface area contributed by atoms with E-state index < -0.39 is 32.8 Å². The number of hydrogen-bond acceptors (Lipinski definition) is 7. The van der Waals surface area contributed by atoms with Gasteiger partial charge in [-0.05, 0) is 53.4 Å². The quantitative estimate of drug-likeness (QED) is 0.372. The number of carbonyl (C=O) groups is 3. The Balaban J connectivity index is 1.39. The van der Waals surface area contributed by atoms with E-state index in [4.69, 9.17) is 0 Å². The van der Waals surface area contributed by atoms with Crippen molar-refractivity contribution in [2.45, 2.75) is 9.46 Å². The van der Waals surface area contributed by atoms with Gasteiger partial charge in [0.05, 0.1) is 16.8 Å². The van der Waals surface area contributed by atoms with E-state index in [1.54, 1.807) is 66.2 Å². The Morgan fingerprint density at radius 3 is 2.33 bits per heavy atom. The lowest BCUT2D eigenvalue weighted by Crippen LogP contribution is -2.32. The Morgan fingerprint density at radius 1 is 0.944 bits per heavy atom. The summed E-state index contributed by atoms with van der Waals surface area (Å²) >= 11 is 1.10. The van der Waals surface area contributed by atoms with Crippen molar-refractivity contribution in [3.8, 4) is 0 Å². The van der Waals surface area contributed by atoms with Gasteiger partial charge in [0, 0.05) is 24.5 Å². The third-order valence-electron chi connectivity index (χ3n) is 5.81. The average molecular weight is 518 g/mol. The Hall–Kier alpha value is -4.15. The molecule has 2 aromatic carbocycles. The molecule has 1 atom stereocenters. The first kappa shape index (κ1) is 23.6. The molecule has 0 radical (unpaired) electrons. The van der Waals surface area contributed by atoms with Crippen LogP contribution in [0.5, 0.6) is 0 Å². The number of fused-ring (bicyclic) bond motifs is 1. The summed E-state index contributed by atoms with van der Waals surface area (Å²) in [5.41, 5.74) is 1.49. The van der Waals surface area contributed by atoms with Gasteiger partial charge in [0.15, 0.2) is 9.84 Å². The average Bonchev–Trinajstić information content (AvgIpc) is 3.53. The number of pyridine rings is 1. The molecule has 1 aliphatic rings. The molecule has 0 spiro atoms. The van der Waals surface area contributed by atoms with Gasteiger partial charge in [0.25, 0.3) is 17.7 Å². The third kappa shape index (κ3) is 4.21. The van der Waals surface area contributed by atoms with Crippen LogP contribution in [0.25, 0.3) is 0 Å². The van der Waals surface area contributed by atoms with Crippen molar-refractivity contribution in [2.75, 3.05) is 11.4 Å². The Bertz CT molecular complexity index is 1530. The first-order chi connectivity index (χ1) is 17.4. The van der Waals surface area contributed by atoms with Gasteiger partial charge < -0.3 is 5.32 Å². The normalized spacial score (nSPS) is 13.9. The van der Waals surface area contributed by atoms with Crippen LogP contribution in [0, 0.1) is 0 Å². The molecule has 4 aromatic rings. The topological polar surface area (TPSA) is 114 Å². The minimum absolute atomic E-state index is 0.183. The van der Waals surface area contributed by atoms with Crippen molar-refractivity contribution in [3.63, 3.8) is 0 Å². The molecule has 0 saturated carbocycles. The number of amides is 3. The van der Waals surface area contributed by atoms with E-state index in [0.29, 0.717) is 16.7 Å². The van der Waals surface area contributed by atoms with E-state index in [9.17, 15) is 22.8 Å². The highest BCUT2D eigenvalue weighted by molar-refractivity contribution is 7.93. The highest BCUT2D eigenvalue weighted by Crippen LogP contribution is 2.31. The summed E-state index contributed by atoms with van der Waals surface area (Å²) in [7, 11) is -3.79. The summed E-state index contributed by atoms with van der Waals surface area (Å²) in [6.45, 7) is -0.192. The molecule has 2 aromatic heterocycles. The summed E-state index contributed by atoms with van der Waals surface area (Å²) in [6.07, 6.45) is 3.01. The van der Waals surface area contributed by atoms with Gasteiger partial charge in [-0.1, -0.05) is 30.3 Å². The third-order valence-corrected chi connectivity index (χ3v) is 9.35. The predicted molar refractivity (Wildman–Crippen MR) is 135 cm³/mol. The summed E-state index contributed by atoms with van der Waals surface area (Å²) in [5, 5.41) is 3.32. The molecule has 0 bridgehead atoms. The molecular formula is C26H19N3O5S2. The van der Waals surface area contributed by atoms with Crippen LogP contribution in [-0.2, 0) is 9.84 Å². The Morgan fingerprint density at radius 2 is 1.69 bits per heavy atom. The lowest BCUT2D eigenvalue weighted by atomic mass is 10.1. The fourth-order valence-corrected chi connectivity index (χ4v) is 6.89. The molecule has 10 heteroatoms. The second kappa shape index (κ2) is 9.48. The lowest BCUT2D eigenvalue weighted by Gasteiger charge is -2.18. The number of nitrogens with one attached hydrogen (secondary N) is 1. The standard InChI is InChI=1S/C26H19N3O5S2/c30-24(28-16-22(18-7-4-12-27-15-18)36(33,34)23-11-5-13-35-23)17-6-3-8-19(14-17)29-25(31)20-9-1-2-10-21(20)26(29)32/h1-15,22H,16H2,(H,28,30). The van der Waals surface area contributed by atoms with Gasteiger partial charge in [-0.25, -0.2) is 13.3 Å². The molecule has 0 fully saturated rings. The summed E-state index contributed by atoms with van der Waals surface area (Å²) < 4.78 is 26.8. The van der Waals surface area contributed by atoms with Crippen molar-refractivity contribution in [3.05, 3.63) is 113 Å². The van der Waals surface area contributed by atoms with Crippen molar-refractivity contribution in [2.24, 2.45) is 0 Å². The summed E-state index contributed by atoms with van der Waals surface area (Å²) in [4.78, 5) is 43.7. The maximum absolute atomic E-state index is 13.3. The van der Waals surface area contributed by atoms with Crippen LogP contribution in [0.15, 0.2) is 94.8 Å². The number of aromatic nitrogens is 1. The second-order valence-electron chi connectivity index (χ2n) is 8.00. The van der Waals surface area contributed by atoms with E-state index in [0.717, 1.165) is 16.2 Å². The summed E-state index contributed by atoms with van der Waals surface area (Å²) in [5.74, 6) is -1.47. The number of benzene rings is 2. The zero-order valence-corrected chi connectivity index (χ0v) is 20.3. The molecular weight excluding hydrogens is 498 g/mol. The predicted octanol–water partition coefficient (Wildman–Crippen LogP) is 3.89. The van der Waals surface area contributed by atoms with Crippen molar-refractivity contribution < 1.29 is 22.8 Å². The molecule has 5 rings (SSSR count). The summed E-state index contributed by atoms with van der Waals surface area (Å²) in [6, 6.07) is 19.1. The van der Waals surface area contributed by atoms with Crippen LogP contribution >= 0.6 is 11.3 Å². The molecule has 8 nitrogen and oxygen atoms in total. The smallest absolute Gasteiger partial charge is 0.266 e. The number of anilines is 1. The first-order valence-corrected chi connectivity index (χ1v) is 13.3. The van der Waals surface area contributed by atoms with Crippen LogP contribution in [0.4, 0.5) is 5.69 Å². The van der Waals surface area contributed by atoms with Crippen LogP contribution < -0.4 is 10.2 Å². The Kier molecular flexibility index (Phi) is 6.21. The number of hydrogen-bond donors (Lipinski definition) is 1. The highest BCUT2D eigenvalue weighted by atomic mass is 32.2. The molecule has 0 saturated heterocycles. The van der Waals surface area contributed by atoms with E-state index in [2.05, 4.69) is 10.3 Å². The maximum atomic E-state index is 13.3. The monoisotopic (exact) mass is 517 g/mol. The van der Waals surface area contributed by atoms with Gasteiger partial charge in [-0.15, -0.1) is 11.3 Å². The van der Waals surface area contributed by atoms with E-state index in [-0.39, 0.29) is 22.0 Å². The van der Waals surface area contributed by atoms with Crippen LogP contribution in [-0.4, -0.2) is 37.7 Å². The first-order valence-electron chi connectivity index (χ1n) is 10.9. The van der Waals surface area contributed by atoms with Crippen molar-refractivity contribution >= 4 is 44.6 Å². The zero-order valence-electron chi connectivity index (χ0n) is 18.7. The molecule has 0 aliphatic carbocycles.